The third-order valence-electron chi connectivity index (χ3n) is 2.21. The summed E-state index contributed by atoms with van der Waals surface area (Å²) in [6, 6.07) is 5.47. The monoisotopic (exact) mass is 236 g/mol. The van der Waals surface area contributed by atoms with Gasteiger partial charge in [0.25, 0.3) is 0 Å². The van der Waals surface area contributed by atoms with E-state index in [4.69, 9.17) is 11.6 Å². The molecule has 0 aliphatic heterocycles. The lowest BCUT2D eigenvalue weighted by Crippen LogP contribution is -2.12. The van der Waals surface area contributed by atoms with Gasteiger partial charge in [-0.05, 0) is 18.2 Å². The van der Waals surface area contributed by atoms with E-state index in [2.05, 4.69) is 36.1 Å². The van der Waals surface area contributed by atoms with Crippen LogP contribution in [0.3, 0.4) is 0 Å². The molecule has 0 aliphatic rings. The van der Waals surface area contributed by atoms with E-state index in [1.54, 1.807) is 16.8 Å². The summed E-state index contributed by atoms with van der Waals surface area (Å²) in [5, 5.41) is 12.6. The predicted octanol–water partition coefficient (Wildman–Crippen LogP) is 2.61. The summed E-state index contributed by atoms with van der Waals surface area (Å²) in [7, 11) is 0. The highest BCUT2D eigenvalue weighted by atomic mass is 35.5. The summed E-state index contributed by atoms with van der Waals surface area (Å²) in [5.74, 6) is 0.667. The molecule has 16 heavy (non-hydrogen) atoms. The Labute approximate surface area is 99.3 Å². The van der Waals surface area contributed by atoms with Crippen molar-refractivity contribution in [2.75, 3.05) is 0 Å². The van der Waals surface area contributed by atoms with Crippen LogP contribution < -0.4 is 0 Å². The van der Waals surface area contributed by atoms with Crippen LogP contribution in [0.1, 0.15) is 26.5 Å². The quantitative estimate of drug-likeness (QED) is 0.765. The van der Waals surface area contributed by atoms with Crippen LogP contribution >= 0.6 is 11.6 Å². The molecule has 0 bridgehead atoms. The molecular formula is C11H13ClN4. The predicted molar refractivity (Wildman–Crippen MR) is 62.9 cm³/mol. The molecule has 2 aromatic heterocycles. The van der Waals surface area contributed by atoms with Crippen LogP contribution in [-0.4, -0.2) is 20.0 Å². The highest BCUT2D eigenvalue weighted by Gasteiger charge is 2.17. The Balaban J connectivity index is 2.35. The number of nitrogens with zero attached hydrogens (tertiary/aromatic N) is 4. The zero-order chi connectivity index (χ0) is 11.8. The van der Waals surface area contributed by atoms with Gasteiger partial charge in [0.15, 0.2) is 11.0 Å². The molecule has 0 unspecified atom stereocenters. The van der Waals surface area contributed by atoms with E-state index >= 15 is 0 Å². The summed E-state index contributed by atoms with van der Waals surface area (Å²) < 4.78 is 1.70. The van der Waals surface area contributed by atoms with Crippen molar-refractivity contribution >= 4 is 11.6 Å². The van der Waals surface area contributed by atoms with Gasteiger partial charge < -0.3 is 0 Å². The fourth-order valence-electron chi connectivity index (χ4n) is 1.28. The Morgan fingerprint density at radius 3 is 2.38 bits per heavy atom. The molecule has 0 aromatic carbocycles. The summed E-state index contributed by atoms with van der Waals surface area (Å²) in [6.45, 7) is 6.35. The van der Waals surface area contributed by atoms with Crippen LogP contribution in [0.25, 0.3) is 5.82 Å². The lowest BCUT2D eigenvalue weighted by Gasteiger charge is -2.14. The Morgan fingerprint density at radius 2 is 1.88 bits per heavy atom. The highest BCUT2D eigenvalue weighted by Crippen LogP contribution is 2.20. The minimum absolute atomic E-state index is 0.0328. The van der Waals surface area contributed by atoms with Gasteiger partial charge in [-0.25, -0.2) is 4.68 Å². The van der Waals surface area contributed by atoms with Gasteiger partial charge in [-0.3, -0.25) is 0 Å². The molecule has 0 saturated heterocycles. The van der Waals surface area contributed by atoms with E-state index < -0.39 is 0 Å². The van der Waals surface area contributed by atoms with Gasteiger partial charge in [-0.15, -0.1) is 10.2 Å². The number of aromatic nitrogens is 4. The first-order valence-corrected chi connectivity index (χ1v) is 5.40. The van der Waals surface area contributed by atoms with Crippen LogP contribution in [0.2, 0.25) is 5.15 Å². The number of hydrogen-bond acceptors (Lipinski definition) is 3. The first-order chi connectivity index (χ1) is 7.47. The van der Waals surface area contributed by atoms with E-state index in [1.807, 2.05) is 12.3 Å². The van der Waals surface area contributed by atoms with Crippen molar-refractivity contribution in [3.63, 3.8) is 0 Å². The topological polar surface area (TPSA) is 43.6 Å². The van der Waals surface area contributed by atoms with Crippen molar-refractivity contribution < 1.29 is 0 Å². The minimum Gasteiger partial charge on any atom is -0.221 e. The number of hydrogen-bond donors (Lipinski definition) is 0. The van der Waals surface area contributed by atoms with Crippen LogP contribution in [-0.2, 0) is 5.41 Å². The summed E-state index contributed by atoms with van der Waals surface area (Å²) >= 11 is 5.67. The van der Waals surface area contributed by atoms with E-state index in [0.29, 0.717) is 11.0 Å². The Hall–Kier alpha value is -1.42. The lowest BCUT2D eigenvalue weighted by atomic mass is 9.93. The van der Waals surface area contributed by atoms with E-state index in [-0.39, 0.29) is 5.41 Å². The zero-order valence-corrected chi connectivity index (χ0v) is 10.2. The van der Waals surface area contributed by atoms with Crippen LogP contribution in [0, 0.1) is 0 Å². The third-order valence-corrected chi connectivity index (χ3v) is 2.41. The maximum atomic E-state index is 5.67. The standard InChI is InChI=1S/C11H13ClN4/c1-11(2,3)8-6-7-16(15-8)10-5-4-9(12)13-14-10/h4-7H,1-3H3. The first-order valence-electron chi connectivity index (χ1n) is 5.02. The van der Waals surface area contributed by atoms with Gasteiger partial charge in [-0.2, -0.15) is 5.10 Å². The Kier molecular flexibility index (Phi) is 2.68. The van der Waals surface area contributed by atoms with Gasteiger partial charge in [0.1, 0.15) is 0 Å². The molecule has 0 atom stereocenters. The average molecular weight is 237 g/mol. The minimum atomic E-state index is 0.0328. The fourth-order valence-corrected chi connectivity index (χ4v) is 1.38. The van der Waals surface area contributed by atoms with Crippen LogP contribution in [0.4, 0.5) is 0 Å². The first kappa shape index (κ1) is 11.1. The Morgan fingerprint density at radius 1 is 1.12 bits per heavy atom. The van der Waals surface area contributed by atoms with Crippen molar-refractivity contribution in [1.29, 1.82) is 0 Å². The fraction of sp³-hybridized carbons (Fsp3) is 0.364. The van der Waals surface area contributed by atoms with E-state index in [9.17, 15) is 0 Å². The number of halogens is 1. The summed E-state index contributed by atoms with van der Waals surface area (Å²) in [6.07, 6.45) is 1.87. The summed E-state index contributed by atoms with van der Waals surface area (Å²) in [5.41, 5.74) is 1.05. The van der Waals surface area contributed by atoms with E-state index in [1.165, 1.54) is 0 Å². The summed E-state index contributed by atoms with van der Waals surface area (Å²) in [4.78, 5) is 0. The molecule has 0 saturated carbocycles. The highest BCUT2D eigenvalue weighted by molar-refractivity contribution is 6.29. The molecular weight excluding hydrogens is 224 g/mol. The molecule has 0 radical (unpaired) electrons. The Bertz CT molecular complexity index is 481. The lowest BCUT2D eigenvalue weighted by molar-refractivity contribution is 0.559. The normalized spacial score (nSPS) is 11.8. The molecule has 2 rings (SSSR count). The van der Waals surface area contributed by atoms with Gasteiger partial charge in [0.05, 0.1) is 5.69 Å². The second kappa shape index (κ2) is 3.87. The van der Waals surface area contributed by atoms with Crippen molar-refractivity contribution in [1.82, 2.24) is 20.0 Å². The molecule has 5 heteroatoms. The molecule has 2 heterocycles. The van der Waals surface area contributed by atoms with Gasteiger partial charge in [-0.1, -0.05) is 32.4 Å². The molecule has 0 spiro atoms. The van der Waals surface area contributed by atoms with Crippen molar-refractivity contribution in [2.45, 2.75) is 26.2 Å². The van der Waals surface area contributed by atoms with Crippen LogP contribution in [0.5, 0.6) is 0 Å². The maximum absolute atomic E-state index is 5.67. The maximum Gasteiger partial charge on any atom is 0.175 e. The largest absolute Gasteiger partial charge is 0.221 e. The average Bonchev–Trinajstić information content (AvgIpc) is 2.67. The number of rotatable bonds is 1. The van der Waals surface area contributed by atoms with Crippen molar-refractivity contribution in [3.8, 4) is 5.82 Å². The van der Waals surface area contributed by atoms with E-state index in [0.717, 1.165) is 5.69 Å². The molecule has 0 aliphatic carbocycles. The molecule has 0 amide bonds. The molecule has 2 aromatic rings. The van der Waals surface area contributed by atoms with Gasteiger partial charge in [0, 0.05) is 11.6 Å². The van der Waals surface area contributed by atoms with Gasteiger partial charge in [0.2, 0.25) is 0 Å². The zero-order valence-electron chi connectivity index (χ0n) is 9.48. The second-order valence-electron chi connectivity index (χ2n) is 4.61. The van der Waals surface area contributed by atoms with Gasteiger partial charge >= 0.3 is 0 Å². The van der Waals surface area contributed by atoms with Crippen LogP contribution in [0.15, 0.2) is 24.4 Å². The molecule has 4 nitrogen and oxygen atoms in total. The van der Waals surface area contributed by atoms with Crippen molar-refractivity contribution in [2.24, 2.45) is 0 Å². The SMILES string of the molecule is CC(C)(C)c1ccn(-c2ccc(Cl)nn2)n1. The smallest absolute Gasteiger partial charge is 0.175 e. The molecule has 0 N–H and O–H groups in total. The molecule has 0 fully saturated rings. The van der Waals surface area contributed by atoms with Crippen molar-refractivity contribution in [3.05, 3.63) is 35.2 Å². The third kappa shape index (κ3) is 2.22. The molecule has 84 valence electrons. The second-order valence-corrected chi connectivity index (χ2v) is 5.00.